The topological polar surface area (TPSA) is 71.2 Å². The van der Waals surface area contributed by atoms with Gasteiger partial charge in [-0.1, -0.05) is 12.8 Å². The zero-order valence-corrected chi connectivity index (χ0v) is 13.9. The van der Waals surface area contributed by atoms with Gasteiger partial charge >= 0.3 is 5.97 Å². The van der Waals surface area contributed by atoms with Crippen LogP contribution in [0.1, 0.15) is 68.8 Å². The van der Waals surface area contributed by atoms with Crippen LogP contribution in [0.3, 0.4) is 0 Å². The lowest BCUT2D eigenvalue weighted by Gasteiger charge is -2.31. The average Bonchev–Trinajstić information content (AvgIpc) is 2.96. The van der Waals surface area contributed by atoms with E-state index in [-0.39, 0.29) is 18.3 Å². The molecule has 1 aliphatic rings. The maximum atomic E-state index is 12.5. The van der Waals surface area contributed by atoms with Crippen molar-refractivity contribution >= 4 is 11.9 Å². The molecule has 0 radical (unpaired) electrons. The Labute approximate surface area is 131 Å². The SMILES string of the molecule is Cc1c[nH]cc1C(=O)NC1(CC(=O)OC(C)(C)C)CCCC1. The average molecular weight is 306 g/mol. The molecule has 0 unspecified atom stereocenters. The number of ether oxygens (including phenoxy) is 1. The standard InChI is InChI=1S/C17H26N2O3/c1-12-10-18-11-13(12)15(21)19-17(7-5-6-8-17)9-14(20)22-16(2,3)4/h10-11,18H,5-9H2,1-4H3,(H,19,21). The maximum absolute atomic E-state index is 12.5. The van der Waals surface area contributed by atoms with Gasteiger partial charge < -0.3 is 15.0 Å². The predicted molar refractivity (Wildman–Crippen MR) is 84.7 cm³/mol. The second-order valence-corrected chi connectivity index (χ2v) is 7.26. The molecule has 0 atom stereocenters. The summed E-state index contributed by atoms with van der Waals surface area (Å²) in [5.74, 6) is -0.371. The van der Waals surface area contributed by atoms with Crippen LogP contribution in [-0.4, -0.2) is 28.0 Å². The first-order valence-electron chi connectivity index (χ1n) is 7.89. The summed E-state index contributed by atoms with van der Waals surface area (Å²) in [4.78, 5) is 27.6. The van der Waals surface area contributed by atoms with Crippen molar-refractivity contribution in [2.24, 2.45) is 0 Å². The van der Waals surface area contributed by atoms with Gasteiger partial charge in [-0.3, -0.25) is 9.59 Å². The van der Waals surface area contributed by atoms with Crippen LogP contribution < -0.4 is 5.32 Å². The van der Waals surface area contributed by atoms with Crippen molar-refractivity contribution in [2.75, 3.05) is 0 Å². The molecule has 1 heterocycles. The maximum Gasteiger partial charge on any atom is 0.308 e. The van der Waals surface area contributed by atoms with E-state index in [1.165, 1.54) is 0 Å². The van der Waals surface area contributed by atoms with E-state index in [1.807, 2.05) is 27.7 Å². The first-order chi connectivity index (χ1) is 10.2. The summed E-state index contributed by atoms with van der Waals surface area (Å²) in [7, 11) is 0. The molecule has 1 fully saturated rings. The summed E-state index contributed by atoms with van der Waals surface area (Å²) >= 11 is 0. The van der Waals surface area contributed by atoms with Gasteiger partial charge in [0.25, 0.3) is 5.91 Å². The Morgan fingerprint density at radius 2 is 1.91 bits per heavy atom. The van der Waals surface area contributed by atoms with Crippen LogP contribution in [0.15, 0.2) is 12.4 Å². The number of rotatable bonds is 4. The number of aromatic nitrogens is 1. The van der Waals surface area contributed by atoms with E-state index in [0.29, 0.717) is 5.56 Å². The Balaban J connectivity index is 2.07. The molecule has 0 aromatic carbocycles. The molecule has 1 aromatic heterocycles. The molecule has 2 N–H and O–H groups in total. The lowest BCUT2D eigenvalue weighted by molar-refractivity contribution is -0.156. The quantitative estimate of drug-likeness (QED) is 0.840. The zero-order valence-electron chi connectivity index (χ0n) is 13.9. The van der Waals surface area contributed by atoms with E-state index in [2.05, 4.69) is 10.3 Å². The summed E-state index contributed by atoms with van der Waals surface area (Å²) in [6.45, 7) is 7.45. The van der Waals surface area contributed by atoms with Gasteiger partial charge in [0.05, 0.1) is 17.5 Å². The van der Waals surface area contributed by atoms with Crippen LogP contribution in [0, 0.1) is 6.92 Å². The summed E-state index contributed by atoms with van der Waals surface area (Å²) in [5, 5.41) is 3.09. The molecule has 1 aliphatic carbocycles. The van der Waals surface area contributed by atoms with Gasteiger partial charge in [-0.25, -0.2) is 0 Å². The molecule has 122 valence electrons. The van der Waals surface area contributed by atoms with Gasteiger partial charge in [0.1, 0.15) is 5.60 Å². The molecular weight excluding hydrogens is 280 g/mol. The van der Waals surface area contributed by atoms with Gasteiger partial charge in [-0.2, -0.15) is 0 Å². The van der Waals surface area contributed by atoms with Crippen LogP contribution in [0.5, 0.6) is 0 Å². The second kappa shape index (κ2) is 6.15. The number of H-pyrrole nitrogens is 1. The van der Waals surface area contributed by atoms with E-state index in [0.717, 1.165) is 31.2 Å². The van der Waals surface area contributed by atoms with E-state index in [1.54, 1.807) is 12.4 Å². The highest BCUT2D eigenvalue weighted by Gasteiger charge is 2.39. The fourth-order valence-electron chi connectivity index (χ4n) is 3.05. The number of esters is 1. The number of carbonyl (C=O) groups excluding carboxylic acids is 2. The Morgan fingerprint density at radius 3 is 2.41 bits per heavy atom. The van der Waals surface area contributed by atoms with Gasteiger partial charge in [-0.05, 0) is 46.1 Å². The third kappa shape index (κ3) is 4.12. The molecule has 1 aromatic rings. The van der Waals surface area contributed by atoms with Gasteiger partial charge in [-0.15, -0.1) is 0 Å². The molecule has 0 aliphatic heterocycles. The van der Waals surface area contributed by atoms with Crippen molar-refractivity contribution in [3.8, 4) is 0 Å². The fourth-order valence-corrected chi connectivity index (χ4v) is 3.05. The highest BCUT2D eigenvalue weighted by molar-refractivity contribution is 5.96. The minimum Gasteiger partial charge on any atom is -0.460 e. The van der Waals surface area contributed by atoms with Crippen molar-refractivity contribution in [1.29, 1.82) is 0 Å². The van der Waals surface area contributed by atoms with Crippen LogP contribution in [0.2, 0.25) is 0 Å². The number of hydrogen-bond acceptors (Lipinski definition) is 3. The smallest absolute Gasteiger partial charge is 0.308 e. The minimum absolute atomic E-state index is 0.121. The Bertz CT molecular complexity index is 548. The highest BCUT2D eigenvalue weighted by atomic mass is 16.6. The van der Waals surface area contributed by atoms with E-state index < -0.39 is 11.1 Å². The molecule has 0 bridgehead atoms. The lowest BCUT2D eigenvalue weighted by Crippen LogP contribution is -2.48. The van der Waals surface area contributed by atoms with Crippen molar-refractivity contribution in [2.45, 2.75) is 70.9 Å². The van der Waals surface area contributed by atoms with Crippen molar-refractivity contribution < 1.29 is 14.3 Å². The van der Waals surface area contributed by atoms with Crippen molar-refractivity contribution in [1.82, 2.24) is 10.3 Å². The molecule has 0 saturated heterocycles. The third-order valence-corrected chi connectivity index (χ3v) is 4.04. The van der Waals surface area contributed by atoms with Crippen LogP contribution in [0.25, 0.3) is 0 Å². The number of aryl methyl sites for hydroxylation is 1. The number of aromatic amines is 1. The van der Waals surface area contributed by atoms with Gasteiger partial charge in [0.15, 0.2) is 0 Å². The molecule has 1 amide bonds. The Kier molecular flexibility index (Phi) is 4.63. The first-order valence-corrected chi connectivity index (χ1v) is 7.89. The van der Waals surface area contributed by atoms with Crippen molar-refractivity contribution in [3.05, 3.63) is 23.5 Å². The predicted octanol–water partition coefficient (Wildman–Crippen LogP) is 3.10. The third-order valence-electron chi connectivity index (χ3n) is 4.04. The van der Waals surface area contributed by atoms with Gasteiger partial charge in [0, 0.05) is 12.4 Å². The molecule has 5 nitrogen and oxygen atoms in total. The number of amides is 1. The lowest BCUT2D eigenvalue weighted by atomic mass is 9.92. The first kappa shape index (κ1) is 16.6. The van der Waals surface area contributed by atoms with Gasteiger partial charge in [0.2, 0.25) is 0 Å². The van der Waals surface area contributed by atoms with Crippen LogP contribution in [0.4, 0.5) is 0 Å². The van der Waals surface area contributed by atoms with Crippen LogP contribution in [-0.2, 0) is 9.53 Å². The van der Waals surface area contributed by atoms with E-state index in [4.69, 9.17) is 4.74 Å². The summed E-state index contributed by atoms with van der Waals surface area (Å²) in [6.07, 6.45) is 7.41. The Morgan fingerprint density at radius 1 is 1.27 bits per heavy atom. The summed E-state index contributed by atoms with van der Waals surface area (Å²) in [6, 6.07) is 0. The zero-order chi connectivity index (χ0) is 16.4. The summed E-state index contributed by atoms with van der Waals surface area (Å²) < 4.78 is 5.42. The molecule has 0 spiro atoms. The number of carbonyl (C=O) groups is 2. The number of hydrogen-bond donors (Lipinski definition) is 2. The molecule has 1 saturated carbocycles. The van der Waals surface area contributed by atoms with Crippen LogP contribution >= 0.6 is 0 Å². The molecule has 5 heteroatoms. The molecule has 22 heavy (non-hydrogen) atoms. The normalized spacial score (nSPS) is 17.3. The van der Waals surface area contributed by atoms with E-state index in [9.17, 15) is 9.59 Å². The second-order valence-electron chi connectivity index (χ2n) is 7.26. The monoisotopic (exact) mass is 306 g/mol. The summed E-state index contributed by atoms with van der Waals surface area (Å²) in [5.41, 5.74) is 0.569. The minimum atomic E-state index is -0.502. The van der Waals surface area contributed by atoms with Crippen molar-refractivity contribution in [3.63, 3.8) is 0 Å². The largest absolute Gasteiger partial charge is 0.460 e. The fraction of sp³-hybridized carbons (Fsp3) is 0.647. The number of nitrogens with one attached hydrogen (secondary N) is 2. The Hall–Kier alpha value is -1.78. The van der Waals surface area contributed by atoms with E-state index >= 15 is 0 Å². The highest BCUT2D eigenvalue weighted by Crippen LogP contribution is 2.34. The molecule has 2 rings (SSSR count). The molecular formula is C17H26N2O3.